The fourth-order valence-corrected chi connectivity index (χ4v) is 5.12. The first-order valence-electron chi connectivity index (χ1n) is 12.8. The van der Waals surface area contributed by atoms with Crippen LogP contribution in [0, 0.1) is 0 Å². The minimum atomic E-state index is -4.47. The van der Waals surface area contributed by atoms with Crippen LogP contribution in [0.3, 0.4) is 0 Å². The van der Waals surface area contributed by atoms with Crippen molar-refractivity contribution in [3.05, 3.63) is 106 Å². The van der Waals surface area contributed by atoms with E-state index in [0.29, 0.717) is 41.7 Å². The van der Waals surface area contributed by atoms with Crippen molar-refractivity contribution in [2.75, 3.05) is 18.2 Å². The molecule has 3 N–H and O–H groups in total. The number of nitrogens with zero attached hydrogens (tertiary/aromatic N) is 3. The number of benzene rings is 3. The summed E-state index contributed by atoms with van der Waals surface area (Å²) in [5.74, 6) is 1.42. The maximum absolute atomic E-state index is 13.5. The summed E-state index contributed by atoms with van der Waals surface area (Å²) in [4.78, 5) is 6.15. The molecular formula is C29H27ClF3N5O2S. The number of anilines is 1. The number of hydrogen-bond acceptors (Lipinski definition) is 5. The zero-order chi connectivity index (χ0) is 29.0. The monoisotopic (exact) mass is 601 g/mol. The van der Waals surface area contributed by atoms with Gasteiger partial charge in [0.25, 0.3) is 0 Å². The van der Waals surface area contributed by atoms with Crippen LogP contribution in [0.2, 0.25) is 5.02 Å². The Bertz CT molecular complexity index is 1550. The van der Waals surface area contributed by atoms with Crippen molar-refractivity contribution in [1.29, 1.82) is 0 Å². The number of ether oxygens (including phenoxy) is 2. The molecule has 5 rings (SSSR count). The smallest absolute Gasteiger partial charge is 0.416 e. The molecule has 1 aliphatic heterocycles. The first-order chi connectivity index (χ1) is 19.7. The van der Waals surface area contributed by atoms with E-state index in [4.69, 9.17) is 39.0 Å². The molecule has 0 atom stereocenters. The zero-order valence-corrected chi connectivity index (χ0v) is 23.4. The minimum absolute atomic E-state index is 0.0956. The number of halogens is 4. The van der Waals surface area contributed by atoms with Crippen LogP contribution in [0.1, 0.15) is 27.9 Å². The molecule has 0 saturated heterocycles. The second-order valence-corrected chi connectivity index (χ2v) is 10.2. The van der Waals surface area contributed by atoms with Gasteiger partial charge in [0.2, 0.25) is 6.79 Å². The van der Waals surface area contributed by atoms with Crippen LogP contribution in [0.5, 0.6) is 11.5 Å². The molecule has 0 saturated carbocycles. The molecule has 0 radical (unpaired) electrons. The molecule has 0 amide bonds. The number of nitrogens with two attached hydrogens (primary N) is 1. The number of imidazole rings is 1. The van der Waals surface area contributed by atoms with Crippen LogP contribution in [0.15, 0.2) is 73.2 Å². The van der Waals surface area contributed by atoms with Crippen molar-refractivity contribution >= 4 is 34.6 Å². The minimum Gasteiger partial charge on any atom is -0.454 e. The quantitative estimate of drug-likeness (QED) is 0.231. The largest absolute Gasteiger partial charge is 0.454 e. The molecule has 7 nitrogen and oxygen atoms in total. The van der Waals surface area contributed by atoms with Gasteiger partial charge in [0.1, 0.15) is 0 Å². The van der Waals surface area contributed by atoms with E-state index < -0.39 is 11.7 Å². The Kier molecular flexibility index (Phi) is 8.67. The van der Waals surface area contributed by atoms with Crippen LogP contribution in [0.4, 0.5) is 18.9 Å². The number of fused-ring (bicyclic) bond motifs is 1. The van der Waals surface area contributed by atoms with E-state index in [9.17, 15) is 13.2 Å². The highest BCUT2D eigenvalue weighted by Crippen LogP contribution is 2.33. The van der Waals surface area contributed by atoms with E-state index in [-0.39, 0.29) is 30.6 Å². The second kappa shape index (κ2) is 12.4. The van der Waals surface area contributed by atoms with E-state index in [1.165, 1.54) is 12.1 Å². The number of hydrogen-bond donors (Lipinski definition) is 2. The van der Waals surface area contributed by atoms with Crippen molar-refractivity contribution in [2.45, 2.75) is 32.2 Å². The molecule has 2 heterocycles. The highest BCUT2D eigenvalue weighted by Gasteiger charge is 2.33. The van der Waals surface area contributed by atoms with Gasteiger partial charge in [0.05, 0.1) is 11.9 Å². The lowest BCUT2D eigenvalue weighted by atomic mass is 10.1. The third-order valence-electron chi connectivity index (χ3n) is 6.75. The number of nitrogens with one attached hydrogen (secondary N) is 1. The van der Waals surface area contributed by atoms with Gasteiger partial charge in [-0.05, 0) is 59.2 Å². The van der Waals surface area contributed by atoms with Crippen molar-refractivity contribution < 1.29 is 22.6 Å². The molecule has 4 aromatic rings. The Hall–Kier alpha value is -3.80. The molecular weight excluding hydrogens is 575 g/mol. The molecule has 1 aliphatic rings. The zero-order valence-electron chi connectivity index (χ0n) is 21.8. The van der Waals surface area contributed by atoms with E-state index >= 15 is 0 Å². The predicted molar refractivity (Wildman–Crippen MR) is 155 cm³/mol. The average Bonchev–Trinajstić information content (AvgIpc) is 3.61. The summed E-state index contributed by atoms with van der Waals surface area (Å²) in [5, 5.41) is 3.75. The van der Waals surface area contributed by atoms with Gasteiger partial charge in [0.15, 0.2) is 16.6 Å². The van der Waals surface area contributed by atoms with E-state index in [1.54, 1.807) is 24.7 Å². The number of rotatable bonds is 9. The lowest BCUT2D eigenvalue weighted by Gasteiger charge is -2.27. The summed E-state index contributed by atoms with van der Waals surface area (Å²) in [6.45, 7) is 1.37. The Morgan fingerprint density at radius 2 is 1.88 bits per heavy atom. The molecule has 0 aliphatic carbocycles. The van der Waals surface area contributed by atoms with Crippen LogP contribution in [-0.4, -0.2) is 28.0 Å². The van der Waals surface area contributed by atoms with Gasteiger partial charge >= 0.3 is 6.18 Å². The molecule has 0 unspecified atom stereocenters. The van der Waals surface area contributed by atoms with Crippen molar-refractivity contribution in [1.82, 2.24) is 14.9 Å². The fraction of sp³-hybridized carbons (Fsp3) is 0.241. The van der Waals surface area contributed by atoms with Crippen LogP contribution in [0.25, 0.3) is 0 Å². The lowest BCUT2D eigenvalue weighted by Crippen LogP contribution is -2.41. The molecule has 41 heavy (non-hydrogen) atoms. The van der Waals surface area contributed by atoms with Crippen LogP contribution < -0.4 is 25.4 Å². The summed E-state index contributed by atoms with van der Waals surface area (Å²) in [6.07, 6.45) is -0.392. The van der Waals surface area contributed by atoms with E-state index in [0.717, 1.165) is 22.9 Å². The maximum atomic E-state index is 13.5. The van der Waals surface area contributed by atoms with Crippen LogP contribution in [-0.2, 0) is 32.2 Å². The van der Waals surface area contributed by atoms with Gasteiger partial charge in [-0.15, -0.1) is 0 Å². The summed E-state index contributed by atoms with van der Waals surface area (Å²) < 4.78 is 53.5. The average molecular weight is 602 g/mol. The Morgan fingerprint density at radius 3 is 2.66 bits per heavy atom. The van der Waals surface area contributed by atoms with Crippen molar-refractivity contribution in [3.8, 4) is 11.5 Å². The normalized spacial score (nSPS) is 12.4. The summed E-state index contributed by atoms with van der Waals surface area (Å²) in [6, 6.07) is 16.6. The van der Waals surface area contributed by atoms with Crippen molar-refractivity contribution in [2.24, 2.45) is 5.73 Å². The van der Waals surface area contributed by atoms with Gasteiger partial charge in [-0.3, -0.25) is 0 Å². The van der Waals surface area contributed by atoms with Crippen molar-refractivity contribution in [3.63, 3.8) is 0 Å². The van der Waals surface area contributed by atoms with Gasteiger partial charge < -0.3 is 30.0 Å². The number of alkyl halides is 3. The molecule has 0 spiro atoms. The molecule has 214 valence electrons. The highest BCUT2D eigenvalue weighted by atomic mass is 35.5. The van der Waals surface area contributed by atoms with Gasteiger partial charge in [-0.1, -0.05) is 41.9 Å². The third-order valence-corrected chi connectivity index (χ3v) is 7.46. The summed E-state index contributed by atoms with van der Waals surface area (Å²) >= 11 is 12.1. The fourth-order valence-electron chi connectivity index (χ4n) is 4.60. The lowest BCUT2D eigenvalue weighted by molar-refractivity contribution is -0.138. The number of thiocarbonyl (C=S) groups is 1. The van der Waals surface area contributed by atoms with Gasteiger partial charge in [-0.25, -0.2) is 4.98 Å². The van der Waals surface area contributed by atoms with E-state index in [2.05, 4.69) is 10.3 Å². The molecule has 12 heteroatoms. The summed E-state index contributed by atoms with van der Waals surface area (Å²) in [5.41, 5.74) is 8.61. The first-order valence-corrected chi connectivity index (χ1v) is 13.6. The Morgan fingerprint density at radius 1 is 1.07 bits per heavy atom. The predicted octanol–water partition coefficient (Wildman–Crippen LogP) is 5.91. The van der Waals surface area contributed by atoms with E-state index in [1.807, 2.05) is 39.8 Å². The SMILES string of the molecule is NCc1ccc(N(CCc2cncn2Cc2ccc3c(c2)OCO3)C(=S)NCc2ccccc2C(F)(F)F)cc1Cl. The van der Waals surface area contributed by atoms with Crippen LogP contribution >= 0.6 is 23.8 Å². The molecule has 1 aromatic heterocycles. The molecule has 0 fully saturated rings. The summed E-state index contributed by atoms with van der Waals surface area (Å²) in [7, 11) is 0. The maximum Gasteiger partial charge on any atom is 0.416 e. The molecule has 0 bridgehead atoms. The van der Waals surface area contributed by atoms with Gasteiger partial charge in [0, 0.05) is 55.2 Å². The standard InChI is InChI=1S/C29H27ClF3N5O2S/c30-25-12-22(7-6-20(25)13-34)38(28(41)36-14-21-3-1-2-4-24(21)29(31,32)33)10-9-23-15-35-17-37(23)16-19-5-8-26-27(11-19)40-18-39-26/h1-8,11-12,15,17H,9-10,13-14,16,18,34H2,(H,36,41). The third kappa shape index (κ3) is 6.75. The van der Waals surface area contributed by atoms with Gasteiger partial charge in [-0.2, -0.15) is 13.2 Å². The highest BCUT2D eigenvalue weighted by molar-refractivity contribution is 7.80. The molecule has 3 aromatic carbocycles. The first kappa shape index (κ1) is 28.7. The topological polar surface area (TPSA) is 77.6 Å². The Labute approximate surface area is 245 Å². The Balaban J connectivity index is 1.34. The number of aromatic nitrogens is 2. The second-order valence-electron chi connectivity index (χ2n) is 9.40.